The number of nitrogens with one attached hydrogen (secondary N) is 1. The number of amides is 1. The second kappa shape index (κ2) is 6.80. The Labute approximate surface area is 83.8 Å². The summed E-state index contributed by atoms with van der Waals surface area (Å²) < 4.78 is 4.83. The van der Waals surface area contributed by atoms with Gasteiger partial charge in [-0.25, -0.2) is 0 Å². The predicted octanol–water partition coefficient (Wildman–Crippen LogP) is 0.0613. The molecule has 1 amide bonds. The van der Waals surface area contributed by atoms with Crippen molar-refractivity contribution in [2.24, 2.45) is 11.7 Å². The second-order valence-corrected chi connectivity index (χ2v) is 3.23. The standard InChI is InChI=1S/C8H16N2O2S/c1-6(7(9)13)8(11)10-4-3-5-12-2/h6H,3-5H2,1-2H3,(H2,9,13)(H,10,11). The molecule has 0 bridgehead atoms. The van der Waals surface area contributed by atoms with Crippen molar-refractivity contribution in [3.63, 3.8) is 0 Å². The molecule has 76 valence electrons. The Bertz CT molecular complexity index is 185. The van der Waals surface area contributed by atoms with E-state index in [0.29, 0.717) is 13.2 Å². The van der Waals surface area contributed by atoms with Crippen LogP contribution < -0.4 is 11.1 Å². The highest BCUT2D eigenvalue weighted by Gasteiger charge is 2.13. The van der Waals surface area contributed by atoms with Crippen LogP contribution in [0.2, 0.25) is 0 Å². The summed E-state index contributed by atoms with van der Waals surface area (Å²) >= 11 is 4.69. The largest absolute Gasteiger partial charge is 0.393 e. The van der Waals surface area contributed by atoms with Crippen LogP contribution in [0, 0.1) is 5.92 Å². The highest BCUT2D eigenvalue weighted by atomic mass is 32.1. The van der Waals surface area contributed by atoms with E-state index in [1.807, 2.05) is 0 Å². The van der Waals surface area contributed by atoms with Gasteiger partial charge in [0, 0.05) is 20.3 Å². The summed E-state index contributed by atoms with van der Waals surface area (Å²) in [6.07, 6.45) is 0.798. The number of hydrogen-bond acceptors (Lipinski definition) is 3. The Hall–Kier alpha value is -0.680. The minimum absolute atomic E-state index is 0.122. The summed E-state index contributed by atoms with van der Waals surface area (Å²) in [7, 11) is 1.62. The normalized spacial score (nSPS) is 12.2. The average molecular weight is 204 g/mol. The highest BCUT2D eigenvalue weighted by molar-refractivity contribution is 7.80. The van der Waals surface area contributed by atoms with Crippen LogP contribution >= 0.6 is 12.2 Å². The van der Waals surface area contributed by atoms with Gasteiger partial charge in [0.2, 0.25) is 5.91 Å². The molecule has 0 aromatic heterocycles. The number of methoxy groups -OCH3 is 1. The Morgan fingerprint density at radius 2 is 2.31 bits per heavy atom. The molecule has 1 atom stereocenters. The van der Waals surface area contributed by atoms with Gasteiger partial charge in [0.05, 0.1) is 10.9 Å². The van der Waals surface area contributed by atoms with Gasteiger partial charge in [-0.3, -0.25) is 4.79 Å². The van der Waals surface area contributed by atoms with Crippen LogP contribution in [-0.4, -0.2) is 31.2 Å². The van der Waals surface area contributed by atoms with Gasteiger partial charge in [-0.15, -0.1) is 0 Å². The number of rotatable bonds is 6. The monoisotopic (exact) mass is 204 g/mol. The van der Waals surface area contributed by atoms with Crippen molar-refractivity contribution in [1.82, 2.24) is 5.32 Å². The van der Waals surface area contributed by atoms with Crippen LogP contribution in [0.3, 0.4) is 0 Å². The molecule has 13 heavy (non-hydrogen) atoms. The fourth-order valence-electron chi connectivity index (χ4n) is 0.710. The van der Waals surface area contributed by atoms with Crippen molar-refractivity contribution in [3.05, 3.63) is 0 Å². The van der Waals surface area contributed by atoms with Crippen molar-refractivity contribution in [1.29, 1.82) is 0 Å². The molecule has 0 saturated carbocycles. The molecule has 0 aliphatic heterocycles. The summed E-state index contributed by atoms with van der Waals surface area (Å²) in [5.74, 6) is -0.513. The Morgan fingerprint density at radius 1 is 1.69 bits per heavy atom. The number of thiocarbonyl (C=S) groups is 1. The molecule has 3 N–H and O–H groups in total. The molecule has 0 aromatic carbocycles. The van der Waals surface area contributed by atoms with E-state index in [2.05, 4.69) is 17.5 Å². The summed E-state index contributed by atoms with van der Waals surface area (Å²) in [5, 5.41) is 2.71. The molecule has 4 nitrogen and oxygen atoms in total. The Morgan fingerprint density at radius 3 is 2.77 bits per heavy atom. The fourth-order valence-corrected chi connectivity index (χ4v) is 0.817. The number of ether oxygens (including phenoxy) is 1. The maximum absolute atomic E-state index is 11.2. The number of carbonyl (C=O) groups excluding carboxylic acids is 1. The maximum atomic E-state index is 11.2. The van der Waals surface area contributed by atoms with Gasteiger partial charge in [-0.1, -0.05) is 12.2 Å². The molecule has 0 aliphatic carbocycles. The molecule has 0 rings (SSSR count). The lowest BCUT2D eigenvalue weighted by molar-refractivity contribution is -0.122. The molecule has 0 spiro atoms. The highest BCUT2D eigenvalue weighted by Crippen LogP contribution is 1.94. The zero-order valence-corrected chi connectivity index (χ0v) is 8.82. The van der Waals surface area contributed by atoms with Crippen molar-refractivity contribution >= 4 is 23.1 Å². The van der Waals surface area contributed by atoms with Crippen molar-refractivity contribution in [2.45, 2.75) is 13.3 Å². The van der Waals surface area contributed by atoms with E-state index < -0.39 is 5.92 Å². The molecular formula is C8H16N2O2S. The van der Waals surface area contributed by atoms with Crippen molar-refractivity contribution < 1.29 is 9.53 Å². The molecule has 5 heteroatoms. The zero-order chi connectivity index (χ0) is 10.3. The van der Waals surface area contributed by atoms with Gasteiger partial charge in [0.15, 0.2) is 0 Å². The topological polar surface area (TPSA) is 64.3 Å². The van der Waals surface area contributed by atoms with Gasteiger partial charge in [0.1, 0.15) is 0 Å². The summed E-state index contributed by atoms with van der Waals surface area (Å²) in [6, 6.07) is 0. The molecule has 0 aromatic rings. The van der Waals surface area contributed by atoms with Crippen LogP contribution in [0.4, 0.5) is 0 Å². The van der Waals surface area contributed by atoms with Crippen LogP contribution in [0.5, 0.6) is 0 Å². The molecule has 0 heterocycles. The third-order valence-corrected chi connectivity index (χ3v) is 2.00. The van der Waals surface area contributed by atoms with Crippen molar-refractivity contribution in [2.75, 3.05) is 20.3 Å². The fraction of sp³-hybridized carbons (Fsp3) is 0.750. The van der Waals surface area contributed by atoms with Gasteiger partial charge < -0.3 is 15.8 Å². The predicted molar refractivity (Wildman–Crippen MR) is 55.5 cm³/mol. The first kappa shape index (κ1) is 12.3. The third-order valence-electron chi connectivity index (χ3n) is 1.64. The first-order valence-electron chi connectivity index (χ1n) is 4.15. The van der Waals surface area contributed by atoms with Gasteiger partial charge in [0.25, 0.3) is 0 Å². The SMILES string of the molecule is COCCCNC(=O)C(C)C(N)=S. The molecule has 1 unspecified atom stereocenters. The van der Waals surface area contributed by atoms with E-state index in [1.54, 1.807) is 14.0 Å². The Balaban J connectivity index is 3.56. The van der Waals surface area contributed by atoms with E-state index in [0.717, 1.165) is 6.42 Å². The summed E-state index contributed by atoms with van der Waals surface area (Å²) in [6.45, 7) is 2.93. The van der Waals surface area contributed by atoms with E-state index in [4.69, 9.17) is 10.5 Å². The third kappa shape index (κ3) is 5.54. The second-order valence-electron chi connectivity index (χ2n) is 2.76. The van der Waals surface area contributed by atoms with Gasteiger partial charge >= 0.3 is 0 Å². The van der Waals surface area contributed by atoms with E-state index in [-0.39, 0.29) is 10.9 Å². The first-order chi connectivity index (χ1) is 6.09. The molecule has 0 aliphatic rings. The van der Waals surface area contributed by atoms with Crippen LogP contribution in [0.15, 0.2) is 0 Å². The molecule has 0 radical (unpaired) electrons. The number of carbonyl (C=O) groups is 1. The van der Waals surface area contributed by atoms with Crippen LogP contribution in [0.1, 0.15) is 13.3 Å². The molecule has 0 saturated heterocycles. The minimum atomic E-state index is -0.391. The van der Waals surface area contributed by atoms with Gasteiger partial charge in [-0.05, 0) is 13.3 Å². The molecular weight excluding hydrogens is 188 g/mol. The number of hydrogen-bond donors (Lipinski definition) is 2. The van der Waals surface area contributed by atoms with E-state index >= 15 is 0 Å². The quantitative estimate of drug-likeness (QED) is 0.474. The zero-order valence-electron chi connectivity index (χ0n) is 8.00. The van der Waals surface area contributed by atoms with Crippen molar-refractivity contribution in [3.8, 4) is 0 Å². The van der Waals surface area contributed by atoms with E-state index in [1.165, 1.54) is 0 Å². The minimum Gasteiger partial charge on any atom is -0.393 e. The number of nitrogens with two attached hydrogens (primary N) is 1. The Kier molecular flexibility index (Phi) is 6.44. The first-order valence-corrected chi connectivity index (χ1v) is 4.56. The summed E-state index contributed by atoms with van der Waals surface area (Å²) in [5.41, 5.74) is 5.31. The maximum Gasteiger partial charge on any atom is 0.229 e. The van der Waals surface area contributed by atoms with E-state index in [9.17, 15) is 4.79 Å². The van der Waals surface area contributed by atoms with Crippen LogP contribution in [0.25, 0.3) is 0 Å². The van der Waals surface area contributed by atoms with Crippen LogP contribution in [-0.2, 0) is 9.53 Å². The molecule has 0 fully saturated rings. The lowest BCUT2D eigenvalue weighted by Crippen LogP contribution is -2.36. The lowest BCUT2D eigenvalue weighted by atomic mass is 10.1. The summed E-state index contributed by atoms with van der Waals surface area (Å²) in [4.78, 5) is 11.5. The smallest absolute Gasteiger partial charge is 0.229 e. The lowest BCUT2D eigenvalue weighted by Gasteiger charge is -2.09. The van der Waals surface area contributed by atoms with Gasteiger partial charge in [-0.2, -0.15) is 0 Å². The average Bonchev–Trinajstić information content (AvgIpc) is 2.10.